The number of phenols is 2. The molecule has 0 bridgehead atoms. The first-order valence-corrected chi connectivity index (χ1v) is 9.66. The number of non-ortho nitro benzene ring substituents is 1. The number of nitrogens with zero attached hydrogens (tertiary/aromatic N) is 1. The highest BCUT2D eigenvalue weighted by molar-refractivity contribution is 7.13. The highest BCUT2D eigenvalue weighted by Gasteiger charge is 2.19. The molecule has 0 spiro atoms. The van der Waals surface area contributed by atoms with Crippen molar-refractivity contribution in [3.8, 4) is 11.5 Å². The summed E-state index contributed by atoms with van der Waals surface area (Å²) >= 11 is 1.23. The molecule has 1 heterocycles. The number of benzene rings is 1. The molecule has 0 aliphatic carbocycles. The number of nitrogens with two attached hydrogens (primary N) is 1. The van der Waals surface area contributed by atoms with Gasteiger partial charge in [-0.3, -0.25) is 14.9 Å². The van der Waals surface area contributed by atoms with Gasteiger partial charge in [-0.05, 0) is 24.4 Å². The van der Waals surface area contributed by atoms with Crippen LogP contribution in [0.1, 0.15) is 15.3 Å². The molecule has 11 heteroatoms. The number of carboxylic acid groups (broad SMARTS) is 1. The molecule has 1 aromatic heterocycles. The van der Waals surface area contributed by atoms with Gasteiger partial charge in [0.2, 0.25) is 0 Å². The van der Waals surface area contributed by atoms with E-state index in [4.69, 9.17) is 10.8 Å². The number of nitro benzene ring substituents is 1. The fraction of sp³-hybridized carbons (Fsp3) is 0.150. The van der Waals surface area contributed by atoms with Gasteiger partial charge in [-0.25, -0.2) is 0 Å². The number of nitro groups is 1. The third-order valence-corrected chi connectivity index (χ3v) is 5.19. The van der Waals surface area contributed by atoms with E-state index in [9.17, 15) is 30.2 Å². The van der Waals surface area contributed by atoms with Crippen molar-refractivity contribution in [2.24, 2.45) is 5.73 Å². The maximum atomic E-state index is 11.0. The van der Waals surface area contributed by atoms with Crippen LogP contribution in [0.2, 0.25) is 0 Å². The van der Waals surface area contributed by atoms with E-state index in [0.717, 1.165) is 12.1 Å². The molecule has 0 amide bonds. The second kappa shape index (κ2) is 10.3. The van der Waals surface area contributed by atoms with Gasteiger partial charge in [0.15, 0.2) is 11.5 Å². The molecule has 0 radical (unpaired) electrons. The second-order valence-electron chi connectivity index (χ2n) is 6.37. The van der Waals surface area contributed by atoms with Gasteiger partial charge in [0.25, 0.3) is 5.69 Å². The van der Waals surface area contributed by atoms with Crippen LogP contribution in [0, 0.1) is 10.1 Å². The number of rotatable bonds is 10. The molecular formula is C20H21N3O7S. The lowest BCUT2D eigenvalue weighted by atomic mass is 10.1. The van der Waals surface area contributed by atoms with E-state index in [1.807, 2.05) is 0 Å². The summed E-state index contributed by atoms with van der Waals surface area (Å²) in [7, 11) is 0. The normalized spacial score (nSPS) is 12.6. The van der Waals surface area contributed by atoms with Crippen molar-refractivity contribution in [2.45, 2.75) is 19.1 Å². The van der Waals surface area contributed by atoms with Crippen LogP contribution in [-0.2, 0) is 17.6 Å². The molecule has 0 unspecified atom stereocenters. The van der Waals surface area contributed by atoms with Crippen molar-refractivity contribution in [1.82, 2.24) is 5.32 Å². The minimum atomic E-state index is -1.32. The number of allylic oxidation sites excluding steroid dienone is 3. The summed E-state index contributed by atoms with van der Waals surface area (Å²) in [6, 6.07) is 5.24. The molecular weight excluding hydrogens is 426 g/mol. The predicted molar refractivity (Wildman–Crippen MR) is 115 cm³/mol. The molecule has 2 rings (SSSR count). The number of aromatic hydroxyl groups is 2. The maximum absolute atomic E-state index is 11.0. The third-order valence-electron chi connectivity index (χ3n) is 4.07. The monoisotopic (exact) mass is 447 g/mol. The quantitative estimate of drug-likeness (QED) is 0.105. The molecule has 31 heavy (non-hydrogen) atoms. The number of hydrogen-bond acceptors (Lipinski definition) is 9. The minimum absolute atomic E-state index is 0.0354. The zero-order valence-corrected chi connectivity index (χ0v) is 17.0. The van der Waals surface area contributed by atoms with Crippen molar-refractivity contribution in [2.75, 3.05) is 0 Å². The van der Waals surface area contributed by atoms with E-state index in [0.29, 0.717) is 15.3 Å². The highest BCUT2D eigenvalue weighted by Crippen LogP contribution is 2.34. The molecule has 10 nitrogen and oxygen atoms in total. The van der Waals surface area contributed by atoms with Crippen molar-refractivity contribution >= 4 is 28.6 Å². The first-order chi connectivity index (χ1) is 14.6. The van der Waals surface area contributed by atoms with Gasteiger partial charge in [-0.2, -0.15) is 0 Å². The smallest absolute Gasteiger partial charge is 0.308 e. The van der Waals surface area contributed by atoms with Crippen LogP contribution in [0.5, 0.6) is 11.5 Å². The Bertz CT molecular complexity index is 1060. The number of aliphatic hydroxyl groups is 1. The maximum Gasteiger partial charge on any atom is 0.308 e. The number of thiophene rings is 1. The minimum Gasteiger partial charge on any atom is -0.504 e. The fourth-order valence-corrected chi connectivity index (χ4v) is 3.76. The number of nitrogens with one attached hydrogen (secondary N) is 1. The van der Waals surface area contributed by atoms with Crippen LogP contribution >= 0.6 is 11.3 Å². The van der Waals surface area contributed by atoms with Gasteiger partial charge in [0, 0.05) is 39.1 Å². The molecule has 1 atom stereocenters. The first-order valence-electron chi connectivity index (χ1n) is 8.85. The summed E-state index contributed by atoms with van der Waals surface area (Å²) in [5.41, 5.74) is 5.73. The van der Waals surface area contributed by atoms with Crippen molar-refractivity contribution < 1.29 is 30.1 Å². The second-order valence-corrected chi connectivity index (χ2v) is 7.54. The Balaban J connectivity index is 2.21. The van der Waals surface area contributed by atoms with E-state index in [1.165, 1.54) is 23.6 Å². The number of hydrogen-bond donors (Lipinski definition) is 6. The summed E-state index contributed by atoms with van der Waals surface area (Å²) in [6.07, 6.45) is 2.73. The van der Waals surface area contributed by atoms with Crippen molar-refractivity contribution in [3.05, 3.63) is 80.3 Å². The molecule has 0 aliphatic rings. The highest BCUT2D eigenvalue weighted by atomic mass is 32.1. The zero-order chi connectivity index (χ0) is 23.1. The lowest BCUT2D eigenvalue weighted by molar-refractivity contribution is -0.385. The summed E-state index contributed by atoms with van der Waals surface area (Å²) in [6.45, 7) is 3.88. The van der Waals surface area contributed by atoms with E-state index in [-0.39, 0.29) is 24.1 Å². The molecule has 0 saturated heterocycles. The number of aliphatic carboxylic acids is 1. The van der Waals surface area contributed by atoms with Crippen molar-refractivity contribution in [3.63, 3.8) is 0 Å². The lowest BCUT2D eigenvalue weighted by Crippen LogP contribution is -2.30. The Morgan fingerprint density at radius 1 is 1.35 bits per heavy atom. The summed E-state index contributed by atoms with van der Waals surface area (Å²) in [5, 5.41) is 52.6. The largest absolute Gasteiger partial charge is 0.504 e. The third kappa shape index (κ3) is 6.32. The van der Waals surface area contributed by atoms with E-state index >= 15 is 0 Å². The Kier molecular flexibility index (Phi) is 7.77. The number of carboxylic acids is 1. The van der Waals surface area contributed by atoms with Crippen LogP contribution in [0.4, 0.5) is 5.69 Å². The molecule has 1 aromatic carbocycles. The summed E-state index contributed by atoms with van der Waals surface area (Å²) in [4.78, 5) is 22.4. The molecule has 164 valence electrons. The fourth-order valence-electron chi connectivity index (χ4n) is 2.71. The van der Waals surface area contributed by atoms with Crippen LogP contribution in [-0.4, -0.2) is 37.5 Å². The van der Waals surface area contributed by atoms with Crippen LogP contribution < -0.4 is 11.1 Å². The van der Waals surface area contributed by atoms with E-state index in [2.05, 4.69) is 11.9 Å². The summed E-state index contributed by atoms with van der Waals surface area (Å²) in [5.74, 6) is -2.21. The zero-order valence-electron chi connectivity index (χ0n) is 16.2. The van der Waals surface area contributed by atoms with Gasteiger partial charge in [-0.15, -0.1) is 11.3 Å². The van der Waals surface area contributed by atoms with Crippen LogP contribution in [0.15, 0.2) is 54.9 Å². The average molecular weight is 447 g/mol. The number of carbonyl (C=O) groups is 1. The van der Waals surface area contributed by atoms with E-state index in [1.54, 1.807) is 18.2 Å². The molecule has 0 saturated carbocycles. The Morgan fingerprint density at radius 3 is 2.68 bits per heavy atom. The first kappa shape index (κ1) is 23.4. The molecule has 7 N–H and O–H groups in total. The van der Waals surface area contributed by atoms with Gasteiger partial charge in [-0.1, -0.05) is 12.7 Å². The van der Waals surface area contributed by atoms with Gasteiger partial charge in [0.05, 0.1) is 17.4 Å². The van der Waals surface area contributed by atoms with Gasteiger partial charge < -0.3 is 31.5 Å². The standard InChI is InChI=1S/C20H21N3O7S/c1-11(15(3-2-6-21)17-5-4-14(31-17)10-19(26)27)22-18(25)8-12-7-13(23(29)30)9-16(24)20(12)28/h2-7,9,18,22,24-25,28H,1,8,10,21H2,(H,26,27)/b6-2-,15-3+/t18-/m1/s1. The number of phenolic OH excluding ortho intramolecular Hbond substituents is 2. The number of aliphatic hydroxyl groups excluding tert-OH is 1. The SMILES string of the molecule is C=C(N[C@H](O)Cc1cc([N+](=O)[O-])cc(O)c1O)/C(=C\C=C/N)c1ccc(CC(=O)O)s1. The Hall–Kier alpha value is -3.83. The Morgan fingerprint density at radius 2 is 2.06 bits per heavy atom. The van der Waals surface area contributed by atoms with Gasteiger partial charge in [0.1, 0.15) is 6.23 Å². The topological polar surface area (TPSA) is 179 Å². The summed E-state index contributed by atoms with van der Waals surface area (Å²) < 4.78 is 0. The predicted octanol–water partition coefficient (Wildman–Crippen LogP) is 2.21. The van der Waals surface area contributed by atoms with E-state index < -0.39 is 34.3 Å². The van der Waals surface area contributed by atoms with Crippen LogP contribution in [0.3, 0.4) is 0 Å². The molecule has 0 fully saturated rings. The Labute approximate surface area is 181 Å². The molecule has 0 aliphatic heterocycles. The van der Waals surface area contributed by atoms with Gasteiger partial charge >= 0.3 is 5.97 Å². The van der Waals surface area contributed by atoms with Crippen LogP contribution in [0.25, 0.3) is 5.57 Å². The lowest BCUT2D eigenvalue weighted by Gasteiger charge is -2.18. The average Bonchev–Trinajstić information content (AvgIpc) is 3.12. The van der Waals surface area contributed by atoms with Crippen molar-refractivity contribution in [1.29, 1.82) is 0 Å². The molecule has 2 aromatic rings.